The molecule has 0 radical (unpaired) electrons. The second kappa shape index (κ2) is 13.3. The SMILES string of the molecule is CO/N=C1\CC(C(=O)NCC(O)COc2ccc(NC(C)=O)cc2)N(C(=O)c2ccc(-c3ccncc3)cc2)C1. The van der Waals surface area contributed by atoms with Gasteiger partial charge in [-0.1, -0.05) is 17.3 Å². The molecule has 2 aromatic carbocycles. The van der Waals surface area contributed by atoms with Crippen LogP contribution in [0.3, 0.4) is 0 Å². The predicted molar refractivity (Wildman–Crippen MR) is 149 cm³/mol. The number of carbonyl (C=O) groups is 3. The number of aromatic nitrogens is 1. The molecule has 2 heterocycles. The topological polar surface area (TPSA) is 142 Å². The Morgan fingerprint density at radius 2 is 1.73 bits per heavy atom. The molecule has 3 amide bonds. The number of nitrogens with one attached hydrogen (secondary N) is 2. The van der Waals surface area contributed by atoms with Crippen molar-refractivity contribution < 1.29 is 29.1 Å². The lowest BCUT2D eigenvalue weighted by atomic mass is 10.0. The van der Waals surface area contributed by atoms with Gasteiger partial charge in [0, 0.05) is 43.5 Å². The molecule has 11 nitrogen and oxygen atoms in total. The van der Waals surface area contributed by atoms with Gasteiger partial charge in [0.2, 0.25) is 11.8 Å². The summed E-state index contributed by atoms with van der Waals surface area (Å²) < 4.78 is 5.58. The summed E-state index contributed by atoms with van der Waals surface area (Å²) in [6.45, 7) is 1.44. The second-order valence-corrected chi connectivity index (χ2v) is 9.22. The summed E-state index contributed by atoms with van der Waals surface area (Å²) in [7, 11) is 1.41. The number of anilines is 1. The van der Waals surface area contributed by atoms with Crippen LogP contribution in [0.2, 0.25) is 0 Å². The molecule has 1 aromatic heterocycles. The lowest BCUT2D eigenvalue weighted by molar-refractivity contribution is -0.125. The van der Waals surface area contributed by atoms with Crippen molar-refractivity contribution in [2.45, 2.75) is 25.5 Å². The maximum absolute atomic E-state index is 13.4. The van der Waals surface area contributed by atoms with E-state index in [0.717, 1.165) is 11.1 Å². The highest BCUT2D eigenvalue weighted by Crippen LogP contribution is 2.23. The van der Waals surface area contributed by atoms with Crippen molar-refractivity contribution in [2.75, 3.05) is 32.1 Å². The molecule has 0 aliphatic carbocycles. The number of hydrogen-bond acceptors (Lipinski definition) is 8. The Kier molecular flexibility index (Phi) is 9.42. The number of nitrogens with zero attached hydrogens (tertiary/aromatic N) is 3. The zero-order valence-corrected chi connectivity index (χ0v) is 22.2. The van der Waals surface area contributed by atoms with Gasteiger partial charge in [-0.05, 0) is 59.7 Å². The van der Waals surface area contributed by atoms with Crippen molar-refractivity contribution in [3.8, 4) is 16.9 Å². The zero-order valence-electron chi connectivity index (χ0n) is 22.2. The number of benzene rings is 2. The zero-order chi connectivity index (χ0) is 28.5. The fourth-order valence-corrected chi connectivity index (χ4v) is 4.29. The Morgan fingerprint density at radius 1 is 1.05 bits per heavy atom. The largest absolute Gasteiger partial charge is 0.491 e. The Bertz CT molecular complexity index is 1350. The molecule has 1 aliphatic rings. The van der Waals surface area contributed by atoms with Crippen LogP contribution in [-0.4, -0.2) is 77.4 Å². The minimum absolute atomic E-state index is 0.0622. The molecule has 40 heavy (non-hydrogen) atoms. The van der Waals surface area contributed by atoms with Crippen LogP contribution in [0, 0.1) is 0 Å². The van der Waals surface area contributed by atoms with Crippen LogP contribution in [0.25, 0.3) is 11.1 Å². The van der Waals surface area contributed by atoms with Crippen LogP contribution in [0.15, 0.2) is 78.2 Å². The minimum atomic E-state index is -0.989. The molecule has 0 saturated carbocycles. The van der Waals surface area contributed by atoms with E-state index in [1.54, 1.807) is 48.8 Å². The number of oxime groups is 1. The van der Waals surface area contributed by atoms with Gasteiger partial charge in [0.25, 0.3) is 5.91 Å². The smallest absolute Gasteiger partial charge is 0.254 e. The summed E-state index contributed by atoms with van der Waals surface area (Å²) in [5.74, 6) is -0.402. The third-order valence-electron chi connectivity index (χ3n) is 6.22. The molecule has 4 rings (SSSR count). The summed E-state index contributed by atoms with van der Waals surface area (Å²) in [5.41, 5.74) is 3.55. The fourth-order valence-electron chi connectivity index (χ4n) is 4.29. The van der Waals surface area contributed by atoms with E-state index in [9.17, 15) is 19.5 Å². The molecule has 208 valence electrons. The molecule has 3 N–H and O–H groups in total. The van der Waals surface area contributed by atoms with E-state index in [4.69, 9.17) is 9.57 Å². The summed E-state index contributed by atoms with van der Waals surface area (Å²) in [6, 6.07) is 16.8. The third-order valence-corrected chi connectivity index (χ3v) is 6.22. The standard InChI is InChI=1S/C29H31N5O6/c1-19(35)32-23-7-9-26(10-8-23)40-18-25(36)16-31-28(37)27-15-24(33-39-2)17-34(27)29(38)22-5-3-20(4-6-22)21-11-13-30-14-12-21/h3-14,25,27,36H,15-18H2,1-2H3,(H,31,37)(H,32,35)/b33-24+. The molecular formula is C29H31N5O6. The van der Waals surface area contributed by atoms with Gasteiger partial charge < -0.3 is 30.2 Å². The normalized spacial score (nSPS) is 16.3. The number of amides is 3. The van der Waals surface area contributed by atoms with E-state index >= 15 is 0 Å². The van der Waals surface area contributed by atoms with E-state index in [-0.39, 0.29) is 37.9 Å². The molecule has 1 fully saturated rings. The van der Waals surface area contributed by atoms with Crippen LogP contribution in [-0.2, 0) is 14.4 Å². The van der Waals surface area contributed by atoms with Crippen LogP contribution in [0.5, 0.6) is 5.75 Å². The number of aliphatic hydroxyl groups is 1. The van der Waals surface area contributed by atoms with Gasteiger partial charge in [0.15, 0.2) is 0 Å². The van der Waals surface area contributed by atoms with Crippen molar-refractivity contribution in [3.05, 3.63) is 78.6 Å². The Morgan fingerprint density at radius 3 is 2.38 bits per heavy atom. The lowest BCUT2D eigenvalue weighted by Gasteiger charge is -2.24. The van der Waals surface area contributed by atoms with Crippen LogP contribution in [0.4, 0.5) is 5.69 Å². The van der Waals surface area contributed by atoms with Gasteiger partial charge in [0.05, 0.1) is 12.3 Å². The number of ether oxygens (including phenoxy) is 1. The molecule has 2 unspecified atom stereocenters. The number of carbonyl (C=O) groups excluding carboxylic acids is 3. The molecule has 2 atom stereocenters. The Hall–Kier alpha value is -4.77. The first-order chi connectivity index (χ1) is 19.3. The highest BCUT2D eigenvalue weighted by molar-refractivity contribution is 6.05. The van der Waals surface area contributed by atoms with Crippen molar-refractivity contribution in [3.63, 3.8) is 0 Å². The van der Waals surface area contributed by atoms with Crippen molar-refractivity contribution in [1.29, 1.82) is 0 Å². The highest BCUT2D eigenvalue weighted by Gasteiger charge is 2.38. The lowest BCUT2D eigenvalue weighted by Crippen LogP contribution is -2.48. The molecule has 0 bridgehead atoms. The minimum Gasteiger partial charge on any atom is -0.491 e. The fraction of sp³-hybridized carbons (Fsp3) is 0.276. The monoisotopic (exact) mass is 545 g/mol. The van der Waals surface area contributed by atoms with Gasteiger partial charge in [-0.15, -0.1) is 0 Å². The molecule has 3 aromatic rings. The summed E-state index contributed by atoms with van der Waals surface area (Å²) in [4.78, 5) is 48.0. The first-order valence-electron chi connectivity index (χ1n) is 12.7. The van der Waals surface area contributed by atoms with E-state index in [2.05, 4.69) is 20.8 Å². The first-order valence-corrected chi connectivity index (χ1v) is 12.7. The number of aliphatic hydroxyl groups excluding tert-OH is 1. The van der Waals surface area contributed by atoms with E-state index in [0.29, 0.717) is 22.7 Å². The van der Waals surface area contributed by atoms with Crippen molar-refractivity contribution in [1.82, 2.24) is 15.2 Å². The highest BCUT2D eigenvalue weighted by atomic mass is 16.6. The quantitative estimate of drug-likeness (QED) is 0.332. The van der Waals surface area contributed by atoms with Crippen LogP contribution < -0.4 is 15.4 Å². The molecular weight excluding hydrogens is 514 g/mol. The van der Waals surface area contributed by atoms with Gasteiger partial charge in [0.1, 0.15) is 31.6 Å². The number of hydrogen-bond donors (Lipinski definition) is 3. The number of likely N-dealkylation sites (tertiary alicyclic amines) is 1. The Balaban J connectivity index is 1.34. The van der Waals surface area contributed by atoms with E-state index in [1.807, 2.05) is 24.3 Å². The third kappa shape index (κ3) is 7.41. The van der Waals surface area contributed by atoms with Gasteiger partial charge in [-0.3, -0.25) is 19.4 Å². The number of pyridine rings is 1. The van der Waals surface area contributed by atoms with E-state index in [1.165, 1.54) is 18.9 Å². The van der Waals surface area contributed by atoms with Crippen molar-refractivity contribution in [2.24, 2.45) is 5.16 Å². The van der Waals surface area contributed by atoms with Gasteiger partial charge >= 0.3 is 0 Å². The number of rotatable bonds is 10. The van der Waals surface area contributed by atoms with Crippen LogP contribution in [0.1, 0.15) is 23.7 Å². The molecule has 11 heteroatoms. The van der Waals surface area contributed by atoms with Gasteiger partial charge in [-0.25, -0.2) is 0 Å². The summed E-state index contributed by atoms with van der Waals surface area (Å²) in [6.07, 6.45) is 2.63. The average Bonchev–Trinajstić information content (AvgIpc) is 3.39. The molecule has 0 spiro atoms. The average molecular weight is 546 g/mol. The van der Waals surface area contributed by atoms with Crippen LogP contribution >= 0.6 is 0 Å². The maximum Gasteiger partial charge on any atom is 0.254 e. The van der Waals surface area contributed by atoms with E-state index < -0.39 is 18.1 Å². The summed E-state index contributed by atoms with van der Waals surface area (Å²) in [5, 5.41) is 19.7. The molecule has 1 saturated heterocycles. The van der Waals surface area contributed by atoms with Gasteiger partial charge in [-0.2, -0.15) is 0 Å². The second-order valence-electron chi connectivity index (χ2n) is 9.22. The predicted octanol–water partition coefficient (Wildman–Crippen LogP) is 2.48. The molecule has 1 aliphatic heterocycles. The summed E-state index contributed by atoms with van der Waals surface area (Å²) >= 11 is 0. The Labute approximate surface area is 231 Å². The maximum atomic E-state index is 13.4. The van der Waals surface area contributed by atoms with Crippen molar-refractivity contribution >= 4 is 29.1 Å². The first kappa shape index (κ1) is 28.2.